The molecule has 1 atom stereocenters. The Morgan fingerprint density at radius 1 is 0.966 bits per heavy atom. The average molecular weight is 400 g/mol. The van der Waals surface area contributed by atoms with E-state index in [0.717, 1.165) is 5.56 Å². The van der Waals surface area contributed by atoms with Crippen LogP contribution in [0.25, 0.3) is 0 Å². The van der Waals surface area contributed by atoms with E-state index in [2.05, 4.69) is 16.0 Å². The van der Waals surface area contributed by atoms with E-state index in [1.165, 1.54) is 38.1 Å². The molecule has 2 rings (SSSR count). The fourth-order valence-electron chi connectivity index (χ4n) is 2.91. The van der Waals surface area contributed by atoms with Gasteiger partial charge in [-0.25, -0.2) is 4.39 Å². The highest BCUT2D eigenvalue weighted by Crippen LogP contribution is 2.21. The van der Waals surface area contributed by atoms with Gasteiger partial charge in [0.1, 0.15) is 5.82 Å². The number of carbonyl (C=O) groups is 3. The third-order valence-corrected chi connectivity index (χ3v) is 4.15. The zero-order valence-electron chi connectivity index (χ0n) is 16.9. The maximum atomic E-state index is 13.6. The average Bonchev–Trinajstić information content (AvgIpc) is 2.60. The fourth-order valence-corrected chi connectivity index (χ4v) is 2.91. The number of nitrogens with zero attached hydrogens (tertiary/aromatic N) is 1. The van der Waals surface area contributed by atoms with Crippen LogP contribution in [-0.4, -0.2) is 43.3 Å². The van der Waals surface area contributed by atoms with Gasteiger partial charge < -0.3 is 20.9 Å². The van der Waals surface area contributed by atoms with Crippen LogP contribution in [0.2, 0.25) is 0 Å². The Balaban J connectivity index is 2.21. The third kappa shape index (κ3) is 6.69. The van der Waals surface area contributed by atoms with E-state index in [4.69, 9.17) is 0 Å². The van der Waals surface area contributed by atoms with Crippen molar-refractivity contribution in [3.8, 4) is 0 Å². The summed E-state index contributed by atoms with van der Waals surface area (Å²) in [5.74, 6) is -1.32. The van der Waals surface area contributed by atoms with Gasteiger partial charge in [-0.15, -0.1) is 0 Å². The molecule has 8 heteroatoms. The van der Waals surface area contributed by atoms with E-state index >= 15 is 0 Å². The number of hydrogen-bond donors (Lipinski definition) is 3. The second-order valence-electron chi connectivity index (χ2n) is 6.91. The molecule has 0 spiro atoms. The van der Waals surface area contributed by atoms with E-state index in [0.29, 0.717) is 11.4 Å². The van der Waals surface area contributed by atoms with E-state index in [1.54, 1.807) is 18.2 Å². The number of amides is 3. The smallest absolute Gasteiger partial charge is 0.251 e. The lowest BCUT2D eigenvalue weighted by molar-refractivity contribution is -0.115. The number of hydrogen-bond acceptors (Lipinski definition) is 4. The number of likely N-dealkylation sites (N-methyl/N-ethyl adjacent to an activating group) is 1. The Morgan fingerprint density at radius 2 is 1.55 bits per heavy atom. The van der Waals surface area contributed by atoms with Gasteiger partial charge in [-0.05, 0) is 50.0 Å². The van der Waals surface area contributed by atoms with E-state index in [-0.39, 0.29) is 41.7 Å². The SMILES string of the molecule is CC(=O)Nc1cc(NC(C)=O)cc(C(=O)NCC(c2cccc(F)c2)N(C)C)c1. The molecule has 29 heavy (non-hydrogen) atoms. The standard InChI is InChI=1S/C21H25FN4O3/c1-13(27)24-18-9-16(10-19(11-18)25-14(2)28)21(29)23-12-20(26(3)4)15-6-5-7-17(22)8-15/h5-11,20H,12H2,1-4H3,(H,23,29)(H,24,27)(H,25,28). The minimum Gasteiger partial charge on any atom is -0.350 e. The molecule has 0 heterocycles. The van der Waals surface area contributed by atoms with Crippen LogP contribution in [0.3, 0.4) is 0 Å². The first-order valence-electron chi connectivity index (χ1n) is 9.06. The van der Waals surface area contributed by atoms with Gasteiger partial charge in [0.2, 0.25) is 11.8 Å². The van der Waals surface area contributed by atoms with Crippen molar-refractivity contribution in [2.75, 3.05) is 31.3 Å². The Morgan fingerprint density at radius 3 is 2.03 bits per heavy atom. The van der Waals surface area contributed by atoms with Crippen molar-refractivity contribution in [2.45, 2.75) is 19.9 Å². The second kappa shape index (κ2) is 9.79. The van der Waals surface area contributed by atoms with Crippen molar-refractivity contribution >= 4 is 29.1 Å². The predicted molar refractivity (Wildman–Crippen MR) is 110 cm³/mol. The summed E-state index contributed by atoms with van der Waals surface area (Å²) < 4.78 is 13.6. The van der Waals surface area contributed by atoms with Gasteiger partial charge in [-0.1, -0.05) is 12.1 Å². The Hall–Kier alpha value is -3.26. The van der Waals surface area contributed by atoms with Crippen LogP contribution >= 0.6 is 0 Å². The molecular weight excluding hydrogens is 375 g/mol. The summed E-state index contributed by atoms with van der Waals surface area (Å²) in [4.78, 5) is 37.3. The van der Waals surface area contributed by atoms with Crippen molar-refractivity contribution in [3.63, 3.8) is 0 Å². The molecule has 3 amide bonds. The molecule has 2 aromatic rings. The first-order chi connectivity index (χ1) is 13.7. The highest BCUT2D eigenvalue weighted by Gasteiger charge is 2.17. The Bertz CT molecular complexity index is 880. The molecule has 0 aliphatic heterocycles. The van der Waals surface area contributed by atoms with E-state index in [9.17, 15) is 18.8 Å². The largest absolute Gasteiger partial charge is 0.350 e. The topological polar surface area (TPSA) is 90.5 Å². The minimum atomic E-state index is -0.382. The number of benzene rings is 2. The van der Waals surface area contributed by atoms with Crippen molar-refractivity contribution in [1.29, 1.82) is 0 Å². The lowest BCUT2D eigenvalue weighted by atomic mass is 10.1. The third-order valence-electron chi connectivity index (χ3n) is 4.15. The first-order valence-corrected chi connectivity index (χ1v) is 9.06. The van der Waals surface area contributed by atoms with Gasteiger partial charge in [0, 0.05) is 37.3 Å². The summed E-state index contributed by atoms with van der Waals surface area (Å²) in [7, 11) is 3.68. The van der Waals surface area contributed by atoms with Crippen LogP contribution in [0.5, 0.6) is 0 Å². The first kappa shape index (κ1) is 22.0. The monoisotopic (exact) mass is 400 g/mol. The summed E-state index contributed by atoms with van der Waals surface area (Å²) in [5, 5.41) is 8.05. The number of anilines is 2. The fraction of sp³-hybridized carbons (Fsp3) is 0.286. The molecule has 0 aromatic heterocycles. The van der Waals surface area contributed by atoms with Crippen molar-refractivity contribution < 1.29 is 18.8 Å². The van der Waals surface area contributed by atoms with Gasteiger partial charge >= 0.3 is 0 Å². The van der Waals surface area contributed by atoms with Crippen LogP contribution in [-0.2, 0) is 9.59 Å². The summed E-state index contributed by atoms with van der Waals surface area (Å²) in [6, 6.07) is 10.6. The van der Waals surface area contributed by atoms with Gasteiger partial charge in [0.25, 0.3) is 5.91 Å². The lowest BCUT2D eigenvalue weighted by Crippen LogP contribution is -2.34. The number of carbonyl (C=O) groups excluding carboxylic acids is 3. The number of rotatable bonds is 7. The molecule has 0 radical (unpaired) electrons. The molecule has 0 saturated heterocycles. The minimum absolute atomic E-state index is 0.233. The molecule has 154 valence electrons. The molecule has 2 aromatic carbocycles. The second-order valence-corrected chi connectivity index (χ2v) is 6.91. The lowest BCUT2D eigenvalue weighted by Gasteiger charge is -2.25. The zero-order chi connectivity index (χ0) is 21.6. The van der Waals surface area contributed by atoms with Crippen LogP contribution in [0, 0.1) is 5.82 Å². The zero-order valence-corrected chi connectivity index (χ0v) is 16.9. The van der Waals surface area contributed by atoms with Crippen molar-refractivity contribution in [1.82, 2.24) is 10.2 Å². The van der Waals surface area contributed by atoms with Gasteiger partial charge in [-0.2, -0.15) is 0 Å². The molecule has 0 bridgehead atoms. The number of nitrogens with one attached hydrogen (secondary N) is 3. The molecule has 0 saturated carbocycles. The van der Waals surface area contributed by atoms with Crippen LogP contribution in [0.4, 0.5) is 15.8 Å². The van der Waals surface area contributed by atoms with Crippen LogP contribution in [0.15, 0.2) is 42.5 Å². The highest BCUT2D eigenvalue weighted by molar-refractivity contribution is 5.99. The van der Waals surface area contributed by atoms with Gasteiger partial charge in [-0.3, -0.25) is 14.4 Å². The maximum absolute atomic E-state index is 13.6. The molecule has 0 aliphatic carbocycles. The van der Waals surface area contributed by atoms with Crippen molar-refractivity contribution in [3.05, 3.63) is 59.4 Å². The quantitative estimate of drug-likeness (QED) is 0.667. The summed E-state index contributed by atoms with van der Waals surface area (Å²) in [5.41, 5.74) is 1.80. The van der Waals surface area contributed by atoms with E-state index in [1.807, 2.05) is 19.0 Å². The van der Waals surface area contributed by atoms with Crippen LogP contribution in [0.1, 0.15) is 35.8 Å². The molecule has 0 fully saturated rings. The Labute approximate surface area is 169 Å². The van der Waals surface area contributed by atoms with Crippen LogP contribution < -0.4 is 16.0 Å². The van der Waals surface area contributed by atoms with Gasteiger partial charge in [0.15, 0.2) is 0 Å². The highest BCUT2D eigenvalue weighted by atomic mass is 19.1. The van der Waals surface area contributed by atoms with Crippen molar-refractivity contribution in [2.24, 2.45) is 0 Å². The summed E-state index contributed by atoms with van der Waals surface area (Å²) >= 11 is 0. The van der Waals surface area contributed by atoms with E-state index < -0.39 is 0 Å². The molecule has 0 aliphatic rings. The summed E-state index contributed by atoms with van der Waals surface area (Å²) in [6.07, 6.45) is 0. The number of halogens is 1. The molecular formula is C21H25FN4O3. The van der Waals surface area contributed by atoms with Gasteiger partial charge in [0.05, 0.1) is 6.04 Å². The molecule has 3 N–H and O–H groups in total. The predicted octanol–water partition coefficient (Wildman–Crippen LogP) is 2.78. The maximum Gasteiger partial charge on any atom is 0.251 e. The molecule has 1 unspecified atom stereocenters. The summed E-state index contributed by atoms with van der Waals surface area (Å²) in [6.45, 7) is 2.95. The normalized spacial score (nSPS) is 11.7. The molecule has 7 nitrogen and oxygen atoms in total. The Kier molecular flexibility index (Phi) is 7.44.